The Morgan fingerprint density at radius 3 is 2.57 bits per heavy atom. The first-order chi connectivity index (χ1) is 10.8. The normalized spacial score (nSPS) is 16.3. The highest BCUT2D eigenvalue weighted by Gasteiger charge is 2.28. The lowest BCUT2D eigenvalue weighted by atomic mass is 10.1. The number of amides is 1. The van der Waals surface area contributed by atoms with E-state index < -0.39 is 11.6 Å². The van der Waals surface area contributed by atoms with Crippen LogP contribution in [-0.2, 0) is 9.47 Å². The number of aromatic nitrogens is 2. The molecule has 0 bridgehead atoms. The van der Waals surface area contributed by atoms with Gasteiger partial charge >= 0.3 is 12.1 Å². The maximum Gasteiger partial charge on any atom is 0.410 e. The topological polar surface area (TPSA) is 73.7 Å². The van der Waals surface area contributed by atoms with Gasteiger partial charge in [0.1, 0.15) is 5.60 Å². The first kappa shape index (κ1) is 17.6. The number of carbonyl (C=O) groups is 2. The summed E-state index contributed by atoms with van der Waals surface area (Å²) in [5, 5.41) is 4.23. The first-order valence-corrected chi connectivity index (χ1v) is 8.10. The molecule has 8 heteroatoms. The van der Waals surface area contributed by atoms with Crippen molar-refractivity contribution in [2.24, 2.45) is 0 Å². The summed E-state index contributed by atoms with van der Waals surface area (Å²) in [6.07, 6.45) is 2.97. The molecule has 1 aliphatic rings. The second-order valence-electron chi connectivity index (χ2n) is 6.42. The molecule has 128 valence electrons. The Kier molecular flexibility index (Phi) is 5.51. The zero-order chi connectivity index (χ0) is 17.0. The Hall–Kier alpha value is -1.76. The summed E-state index contributed by atoms with van der Waals surface area (Å²) in [5.74, 6) is -0.537. The van der Waals surface area contributed by atoms with E-state index in [4.69, 9.17) is 21.1 Å². The van der Waals surface area contributed by atoms with Crippen LogP contribution < -0.4 is 0 Å². The molecular formula is C15H22ClN3O4. The fourth-order valence-corrected chi connectivity index (χ4v) is 2.51. The Bertz CT molecular complexity index is 559. The molecule has 1 aliphatic heterocycles. The summed E-state index contributed by atoms with van der Waals surface area (Å²) in [4.78, 5) is 25.3. The van der Waals surface area contributed by atoms with E-state index in [0.717, 1.165) is 12.8 Å². The van der Waals surface area contributed by atoms with Gasteiger partial charge in [0, 0.05) is 19.3 Å². The van der Waals surface area contributed by atoms with Crippen LogP contribution in [0.15, 0.2) is 12.3 Å². The zero-order valence-electron chi connectivity index (χ0n) is 13.6. The quantitative estimate of drug-likeness (QED) is 0.623. The Balaban J connectivity index is 1.89. The zero-order valence-corrected chi connectivity index (χ0v) is 14.4. The van der Waals surface area contributed by atoms with Crippen molar-refractivity contribution in [2.45, 2.75) is 45.3 Å². The minimum Gasteiger partial charge on any atom is -0.445 e. The largest absolute Gasteiger partial charge is 0.445 e. The highest BCUT2D eigenvalue weighted by Crippen LogP contribution is 2.23. The van der Waals surface area contributed by atoms with Gasteiger partial charge in [-0.3, -0.25) is 4.68 Å². The van der Waals surface area contributed by atoms with E-state index in [2.05, 4.69) is 5.10 Å². The molecule has 0 unspecified atom stereocenters. The molecule has 0 N–H and O–H groups in total. The number of carbonyl (C=O) groups excluding carboxylic acids is 2. The van der Waals surface area contributed by atoms with Crippen LogP contribution in [0.2, 0.25) is 0 Å². The lowest BCUT2D eigenvalue weighted by Crippen LogP contribution is -2.42. The van der Waals surface area contributed by atoms with Crippen molar-refractivity contribution < 1.29 is 19.1 Å². The van der Waals surface area contributed by atoms with Gasteiger partial charge in [0.2, 0.25) is 0 Å². The standard InChI is InChI=1S/C15H22ClN3O4/c1-15(2,3)23-14(21)18-7-4-11(5-8-18)19-9-6-12(17-19)13(20)22-10-16/h6,9,11H,4-5,7-8,10H2,1-3H3. The van der Waals surface area contributed by atoms with E-state index in [1.807, 2.05) is 20.8 Å². The second-order valence-corrected chi connectivity index (χ2v) is 6.64. The number of piperidine rings is 1. The number of ether oxygens (including phenoxy) is 2. The molecule has 0 spiro atoms. The van der Waals surface area contributed by atoms with Gasteiger partial charge in [-0.15, -0.1) is 0 Å². The molecule has 0 aromatic carbocycles. The van der Waals surface area contributed by atoms with Crippen molar-refractivity contribution >= 4 is 23.7 Å². The molecule has 0 radical (unpaired) electrons. The number of hydrogen-bond donors (Lipinski definition) is 0. The molecule has 0 atom stereocenters. The van der Waals surface area contributed by atoms with Crippen molar-refractivity contribution in [3.63, 3.8) is 0 Å². The van der Waals surface area contributed by atoms with Gasteiger partial charge in [0.25, 0.3) is 0 Å². The summed E-state index contributed by atoms with van der Waals surface area (Å²) in [7, 11) is 0. The molecule has 2 rings (SSSR count). The van der Waals surface area contributed by atoms with Crippen LogP contribution >= 0.6 is 11.6 Å². The summed E-state index contributed by atoms with van der Waals surface area (Å²) < 4.78 is 11.8. The predicted molar refractivity (Wildman–Crippen MR) is 84.4 cm³/mol. The third-order valence-electron chi connectivity index (χ3n) is 3.49. The fourth-order valence-electron chi connectivity index (χ4n) is 2.41. The van der Waals surface area contributed by atoms with Crippen molar-refractivity contribution in [3.05, 3.63) is 18.0 Å². The van der Waals surface area contributed by atoms with Crippen LogP contribution in [0.4, 0.5) is 4.79 Å². The van der Waals surface area contributed by atoms with Gasteiger partial charge < -0.3 is 14.4 Å². The van der Waals surface area contributed by atoms with E-state index in [0.29, 0.717) is 13.1 Å². The maximum absolute atomic E-state index is 12.0. The minimum atomic E-state index is -0.537. The number of esters is 1. The monoisotopic (exact) mass is 343 g/mol. The SMILES string of the molecule is CC(C)(C)OC(=O)N1CCC(n2ccc(C(=O)OCCl)n2)CC1. The van der Waals surface area contributed by atoms with Gasteiger partial charge in [-0.05, 0) is 39.7 Å². The Morgan fingerprint density at radius 2 is 2.00 bits per heavy atom. The van der Waals surface area contributed by atoms with Crippen LogP contribution in [-0.4, -0.2) is 51.5 Å². The number of nitrogens with zero attached hydrogens (tertiary/aromatic N) is 3. The molecular weight excluding hydrogens is 322 g/mol. The summed E-state index contributed by atoms with van der Waals surface area (Å²) >= 11 is 5.37. The Labute approximate surface area is 140 Å². The third-order valence-corrected chi connectivity index (χ3v) is 3.60. The third kappa shape index (κ3) is 4.86. The molecule has 23 heavy (non-hydrogen) atoms. The number of alkyl halides is 1. The van der Waals surface area contributed by atoms with Crippen molar-refractivity contribution in [1.82, 2.24) is 14.7 Å². The van der Waals surface area contributed by atoms with Gasteiger partial charge in [-0.25, -0.2) is 9.59 Å². The molecule has 7 nitrogen and oxygen atoms in total. The second kappa shape index (κ2) is 7.21. The minimum absolute atomic E-state index is 0.145. The van der Waals surface area contributed by atoms with Gasteiger partial charge in [-0.1, -0.05) is 11.6 Å². The maximum atomic E-state index is 12.0. The van der Waals surface area contributed by atoms with E-state index in [1.165, 1.54) is 0 Å². The van der Waals surface area contributed by atoms with E-state index in [9.17, 15) is 9.59 Å². The molecule has 1 aromatic heterocycles. The van der Waals surface area contributed by atoms with E-state index in [1.54, 1.807) is 21.8 Å². The van der Waals surface area contributed by atoms with Crippen molar-refractivity contribution in [1.29, 1.82) is 0 Å². The molecule has 0 saturated carbocycles. The van der Waals surface area contributed by atoms with Crippen LogP contribution in [0.5, 0.6) is 0 Å². The summed E-state index contributed by atoms with van der Waals surface area (Å²) in [6, 6.07) is 1.56. The van der Waals surface area contributed by atoms with Crippen LogP contribution in [0.1, 0.15) is 50.1 Å². The molecule has 1 saturated heterocycles. The van der Waals surface area contributed by atoms with Crippen LogP contribution in [0.3, 0.4) is 0 Å². The van der Waals surface area contributed by atoms with Crippen LogP contribution in [0.25, 0.3) is 0 Å². The molecule has 1 amide bonds. The van der Waals surface area contributed by atoms with Crippen molar-refractivity contribution in [3.8, 4) is 0 Å². The lowest BCUT2D eigenvalue weighted by Gasteiger charge is -2.33. The average molecular weight is 344 g/mol. The highest BCUT2D eigenvalue weighted by atomic mass is 35.5. The van der Waals surface area contributed by atoms with Gasteiger partial charge in [0.05, 0.1) is 6.04 Å². The molecule has 1 fully saturated rings. The van der Waals surface area contributed by atoms with Gasteiger partial charge in [0.15, 0.2) is 11.8 Å². The number of likely N-dealkylation sites (tertiary alicyclic amines) is 1. The van der Waals surface area contributed by atoms with Crippen molar-refractivity contribution in [2.75, 3.05) is 19.2 Å². The fraction of sp³-hybridized carbons (Fsp3) is 0.667. The molecule has 2 heterocycles. The number of rotatable bonds is 3. The highest BCUT2D eigenvalue weighted by molar-refractivity contribution is 6.17. The number of hydrogen-bond acceptors (Lipinski definition) is 5. The Morgan fingerprint density at radius 1 is 1.35 bits per heavy atom. The molecule has 0 aliphatic carbocycles. The average Bonchev–Trinajstić information content (AvgIpc) is 2.96. The lowest BCUT2D eigenvalue weighted by molar-refractivity contribution is 0.0185. The number of halogens is 1. The smallest absolute Gasteiger partial charge is 0.410 e. The van der Waals surface area contributed by atoms with Gasteiger partial charge in [-0.2, -0.15) is 5.10 Å². The predicted octanol–water partition coefficient (Wildman–Crippen LogP) is 2.81. The first-order valence-electron chi connectivity index (χ1n) is 7.56. The van der Waals surface area contributed by atoms with E-state index >= 15 is 0 Å². The summed E-state index contributed by atoms with van der Waals surface area (Å²) in [6.45, 7) is 6.75. The molecule has 1 aromatic rings. The van der Waals surface area contributed by atoms with Crippen LogP contribution in [0, 0.1) is 0 Å². The van der Waals surface area contributed by atoms with E-state index in [-0.39, 0.29) is 23.9 Å². The summed E-state index contributed by atoms with van der Waals surface area (Å²) in [5.41, 5.74) is -0.256.